The second-order valence-electron chi connectivity index (χ2n) is 9.16. The third-order valence-corrected chi connectivity index (χ3v) is 6.81. The molecule has 2 aromatic carbocycles. The van der Waals surface area contributed by atoms with Gasteiger partial charge < -0.3 is 19.1 Å². The van der Waals surface area contributed by atoms with Crippen molar-refractivity contribution in [3.05, 3.63) is 103 Å². The average molecular weight is 512 g/mol. The van der Waals surface area contributed by atoms with E-state index in [-0.39, 0.29) is 18.1 Å². The van der Waals surface area contributed by atoms with E-state index < -0.39 is 0 Å². The Balaban J connectivity index is 1.33. The average Bonchev–Trinajstić information content (AvgIpc) is 3.21. The summed E-state index contributed by atoms with van der Waals surface area (Å²) in [5.74, 6) is 0.945. The molecule has 0 unspecified atom stereocenters. The van der Waals surface area contributed by atoms with Crippen LogP contribution in [-0.2, 0) is 16.0 Å². The number of rotatable bonds is 6. The summed E-state index contributed by atoms with van der Waals surface area (Å²) in [6.45, 7) is 6.54. The first-order valence-corrected chi connectivity index (χ1v) is 12.6. The van der Waals surface area contributed by atoms with Crippen LogP contribution in [0.4, 0.5) is 4.39 Å². The number of carbonyl (C=O) groups is 1. The molecule has 0 saturated carbocycles. The van der Waals surface area contributed by atoms with Gasteiger partial charge in [0.05, 0.1) is 19.2 Å². The Bertz CT molecular complexity index is 1400. The van der Waals surface area contributed by atoms with E-state index in [4.69, 9.17) is 9.72 Å². The SMILES string of the molecule is C=Cc1ccc(-n2cc(-c3ccc(F)cc3)nc2CC(=O)N2CCN(C3=CC(OC)=NC=CC3)CC2)cc1. The molecule has 2 aliphatic heterocycles. The highest BCUT2D eigenvalue weighted by atomic mass is 19.1. The van der Waals surface area contributed by atoms with Crippen molar-refractivity contribution < 1.29 is 13.9 Å². The van der Waals surface area contributed by atoms with Gasteiger partial charge in [0.15, 0.2) is 0 Å². The number of allylic oxidation sites excluding steroid dienone is 1. The van der Waals surface area contributed by atoms with E-state index in [1.165, 1.54) is 12.1 Å². The minimum absolute atomic E-state index is 0.0266. The van der Waals surface area contributed by atoms with Crippen LogP contribution in [0.25, 0.3) is 23.0 Å². The van der Waals surface area contributed by atoms with Crippen LogP contribution in [0.3, 0.4) is 0 Å². The summed E-state index contributed by atoms with van der Waals surface area (Å²) in [6, 6.07) is 14.1. The number of aromatic nitrogens is 2. The molecule has 3 aromatic rings. The number of methoxy groups -OCH3 is 1. The molecule has 0 atom stereocenters. The van der Waals surface area contributed by atoms with Gasteiger partial charge in [-0.15, -0.1) is 0 Å². The Kier molecular flexibility index (Phi) is 7.49. The molecule has 0 N–H and O–H groups in total. The monoisotopic (exact) mass is 511 g/mol. The topological polar surface area (TPSA) is 63.0 Å². The fraction of sp³-hybridized carbons (Fsp3) is 0.233. The fourth-order valence-corrected chi connectivity index (χ4v) is 4.66. The van der Waals surface area contributed by atoms with Crippen LogP contribution in [0.5, 0.6) is 0 Å². The zero-order valence-corrected chi connectivity index (χ0v) is 21.4. The summed E-state index contributed by atoms with van der Waals surface area (Å²) in [5, 5.41) is 0. The maximum absolute atomic E-state index is 13.5. The Hall–Kier alpha value is -4.46. The van der Waals surface area contributed by atoms with Gasteiger partial charge in [-0.1, -0.05) is 30.9 Å². The van der Waals surface area contributed by atoms with E-state index in [0.29, 0.717) is 30.5 Å². The van der Waals surface area contributed by atoms with Crippen LogP contribution < -0.4 is 0 Å². The van der Waals surface area contributed by atoms with Gasteiger partial charge >= 0.3 is 0 Å². The van der Waals surface area contributed by atoms with Crippen LogP contribution in [0.2, 0.25) is 0 Å². The van der Waals surface area contributed by atoms with Gasteiger partial charge in [0.2, 0.25) is 11.8 Å². The summed E-state index contributed by atoms with van der Waals surface area (Å²) in [5.41, 5.74) is 4.52. The van der Waals surface area contributed by atoms with E-state index in [0.717, 1.165) is 42.0 Å². The van der Waals surface area contributed by atoms with E-state index in [9.17, 15) is 9.18 Å². The Morgan fingerprint density at radius 2 is 1.82 bits per heavy atom. The second kappa shape index (κ2) is 11.3. The molecule has 2 aliphatic rings. The molecule has 8 heteroatoms. The maximum Gasteiger partial charge on any atom is 0.230 e. The highest BCUT2D eigenvalue weighted by Gasteiger charge is 2.25. The lowest BCUT2D eigenvalue weighted by Crippen LogP contribution is -2.48. The predicted molar refractivity (Wildman–Crippen MR) is 147 cm³/mol. The Morgan fingerprint density at radius 3 is 2.50 bits per heavy atom. The molecule has 0 aliphatic carbocycles. The van der Waals surface area contributed by atoms with Crippen molar-refractivity contribution in [2.45, 2.75) is 12.8 Å². The standard InChI is InChI=1S/C30H30FN5O2/c1-3-22-6-12-25(13-7-22)36-21-27(23-8-10-24(31)11-9-23)33-28(36)20-30(37)35-17-15-34(16-18-35)26-5-4-14-32-29(19-26)38-2/h3-4,6-14,19,21H,1,5,15-18,20H2,2H3. The number of ether oxygens (including phenoxy) is 1. The van der Waals surface area contributed by atoms with Crippen molar-refractivity contribution in [3.63, 3.8) is 0 Å². The van der Waals surface area contributed by atoms with E-state index in [1.54, 1.807) is 31.5 Å². The minimum Gasteiger partial charge on any atom is -0.481 e. The molecule has 0 bridgehead atoms. The molecule has 0 spiro atoms. The molecular weight excluding hydrogens is 481 g/mol. The number of benzene rings is 2. The van der Waals surface area contributed by atoms with Crippen molar-refractivity contribution in [2.24, 2.45) is 4.99 Å². The van der Waals surface area contributed by atoms with Gasteiger partial charge in [-0.2, -0.15) is 0 Å². The smallest absolute Gasteiger partial charge is 0.230 e. The molecule has 1 amide bonds. The van der Waals surface area contributed by atoms with Crippen LogP contribution in [0.1, 0.15) is 17.8 Å². The van der Waals surface area contributed by atoms with Crippen LogP contribution in [0, 0.1) is 5.82 Å². The van der Waals surface area contributed by atoms with E-state index in [2.05, 4.69) is 16.5 Å². The molecule has 38 heavy (non-hydrogen) atoms. The van der Waals surface area contributed by atoms with Crippen molar-refractivity contribution in [1.29, 1.82) is 0 Å². The minimum atomic E-state index is -0.302. The summed E-state index contributed by atoms with van der Waals surface area (Å²) in [4.78, 5) is 26.6. The third-order valence-electron chi connectivity index (χ3n) is 6.81. The predicted octanol–water partition coefficient (Wildman–Crippen LogP) is 4.85. The van der Waals surface area contributed by atoms with Crippen LogP contribution in [0.15, 0.2) is 90.3 Å². The third kappa shape index (κ3) is 5.59. The number of hydrogen-bond acceptors (Lipinski definition) is 5. The lowest BCUT2D eigenvalue weighted by Gasteiger charge is -2.37. The molecule has 7 nitrogen and oxygen atoms in total. The zero-order valence-electron chi connectivity index (χ0n) is 21.4. The summed E-state index contributed by atoms with van der Waals surface area (Å²) >= 11 is 0. The van der Waals surface area contributed by atoms with Gasteiger partial charge in [0.1, 0.15) is 11.6 Å². The van der Waals surface area contributed by atoms with Gasteiger partial charge in [-0.25, -0.2) is 14.4 Å². The number of nitrogens with zero attached hydrogens (tertiary/aromatic N) is 5. The number of hydrogen-bond donors (Lipinski definition) is 0. The number of piperazine rings is 1. The molecule has 194 valence electrons. The molecular formula is C30H30FN5O2. The van der Waals surface area contributed by atoms with Gasteiger partial charge in [-0.3, -0.25) is 4.79 Å². The van der Waals surface area contributed by atoms with Crippen molar-refractivity contribution in [1.82, 2.24) is 19.4 Å². The lowest BCUT2D eigenvalue weighted by molar-refractivity contribution is -0.132. The van der Waals surface area contributed by atoms with E-state index in [1.807, 2.05) is 52.1 Å². The molecule has 5 rings (SSSR count). The molecule has 1 fully saturated rings. The fourth-order valence-electron chi connectivity index (χ4n) is 4.66. The molecule has 1 aromatic heterocycles. The van der Waals surface area contributed by atoms with Crippen molar-refractivity contribution in [2.75, 3.05) is 33.3 Å². The Morgan fingerprint density at radius 1 is 1.08 bits per heavy atom. The zero-order chi connectivity index (χ0) is 26.5. The number of aliphatic imine (C=N–C) groups is 1. The summed E-state index contributed by atoms with van der Waals surface area (Å²) < 4.78 is 20.8. The van der Waals surface area contributed by atoms with E-state index >= 15 is 0 Å². The molecule has 3 heterocycles. The number of amides is 1. The first-order valence-electron chi connectivity index (χ1n) is 12.6. The first kappa shape index (κ1) is 25.2. The normalized spacial score (nSPS) is 15.5. The van der Waals surface area contributed by atoms with Crippen molar-refractivity contribution >= 4 is 17.9 Å². The largest absolute Gasteiger partial charge is 0.481 e. The molecule has 1 saturated heterocycles. The Labute approximate surface area is 221 Å². The van der Waals surface area contributed by atoms with Gasteiger partial charge in [0.25, 0.3) is 0 Å². The summed E-state index contributed by atoms with van der Waals surface area (Å²) in [6.07, 6.45) is 10.4. The number of imidazole rings is 1. The maximum atomic E-state index is 13.5. The number of halogens is 1. The highest BCUT2D eigenvalue weighted by molar-refractivity contribution is 5.89. The lowest BCUT2D eigenvalue weighted by atomic mass is 10.2. The highest BCUT2D eigenvalue weighted by Crippen LogP contribution is 2.24. The van der Waals surface area contributed by atoms with Crippen LogP contribution in [-0.4, -0.2) is 64.4 Å². The van der Waals surface area contributed by atoms with Gasteiger partial charge in [-0.05, 0) is 42.0 Å². The quantitative estimate of drug-likeness (QED) is 0.475. The van der Waals surface area contributed by atoms with Crippen LogP contribution >= 0.6 is 0 Å². The summed E-state index contributed by atoms with van der Waals surface area (Å²) in [7, 11) is 1.61. The second-order valence-corrected chi connectivity index (χ2v) is 9.16. The van der Waals surface area contributed by atoms with Crippen molar-refractivity contribution in [3.8, 4) is 16.9 Å². The number of carbonyl (C=O) groups excluding carboxylic acids is 1. The first-order chi connectivity index (χ1) is 18.5. The van der Waals surface area contributed by atoms with Gasteiger partial charge in [0, 0.05) is 68.0 Å². The molecule has 0 radical (unpaired) electrons.